The van der Waals surface area contributed by atoms with Crippen molar-refractivity contribution in [2.24, 2.45) is 0 Å². The van der Waals surface area contributed by atoms with Crippen molar-refractivity contribution in [2.45, 2.75) is 6.92 Å². The number of hydrogen-bond donors (Lipinski definition) is 1. The van der Waals surface area contributed by atoms with E-state index < -0.39 is 0 Å². The summed E-state index contributed by atoms with van der Waals surface area (Å²) in [6, 6.07) is 3.77. The minimum Gasteiger partial charge on any atom is -0.256 e. The van der Waals surface area contributed by atoms with E-state index in [4.69, 9.17) is 0 Å². The fraction of sp³-hybridized carbons (Fsp3) is 0.100. The van der Waals surface area contributed by atoms with Crippen LogP contribution in [0.1, 0.15) is 5.56 Å². The average Bonchev–Trinajstić information content (AvgIpc) is 2.61. The highest BCUT2D eigenvalue weighted by molar-refractivity contribution is 5.91. The van der Waals surface area contributed by atoms with Crippen molar-refractivity contribution in [1.29, 1.82) is 0 Å². The van der Waals surface area contributed by atoms with Crippen LogP contribution in [0.2, 0.25) is 0 Å². The molecule has 0 aromatic carbocycles. The number of aromatic amines is 1. The van der Waals surface area contributed by atoms with Crippen LogP contribution >= 0.6 is 0 Å². The number of nitrogens with one attached hydrogen (secondary N) is 1. The van der Waals surface area contributed by atoms with Gasteiger partial charge in [0.15, 0.2) is 5.65 Å². The summed E-state index contributed by atoms with van der Waals surface area (Å²) in [5, 5.41) is 7.28. The first-order valence-electron chi connectivity index (χ1n) is 4.58. The monoisotopic (exact) mass is 200 g/mol. The molecule has 5 heteroatoms. The van der Waals surface area contributed by atoms with E-state index in [0.29, 0.717) is 5.65 Å². The van der Waals surface area contributed by atoms with Crippen LogP contribution < -0.4 is 5.69 Å². The highest BCUT2D eigenvalue weighted by Crippen LogP contribution is 2.15. The zero-order chi connectivity index (χ0) is 10.4. The Morgan fingerprint density at radius 3 is 3.20 bits per heavy atom. The number of nitrogens with zero attached hydrogens (tertiary/aromatic N) is 3. The van der Waals surface area contributed by atoms with Gasteiger partial charge in [0.2, 0.25) is 0 Å². The lowest BCUT2D eigenvalue weighted by Crippen LogP contribution is -2.08. The number of aryl methyl sites for hydroxylation is 1. The molecule has 0 bridgehead atoms. The Labute approximate surface area is 84.4 Å². The lowest BCUT2D eigenvalue weighted by molar-refractivity contribution is 1.02. The number of pyridine rings is 2. The van der Waals surface area contributed by atoms with E-state index in [9.17, 15) is 4.79 Å². The number of hydrogen-bond acceptors (Lipinski definition) is 3. The molecular formula is C10H8N4O. The topological polar surface area (TPSA) is 63.1 Å². The molecule has 0 aliphatic heterocycles. The Kier molecular flexibility index (Phi) is 1.45. The summed E-state index contributed by atoms with van der Waals surface area (Å²) in [4.78, 5) is 15.6. The standard InChI is InChI=1S/C10H8N4O/c1-6-4-7-8(11-5-6)2-3-14-9(7)12-13-10(14)15/h2-5H,1H3,(H,13,15). The van der Waals surface area contributed by atoms with Crippen molar-refractivity contribution >= 4 is 16.6 Å². The van der Waals surface area contributed by atoms with E-state index in [2.05, 4.69) is 15.2 Å². The van der Waals surface area contributed by atoms with Gasteiger partial charge in [-0.25, -0.2) is 14.3 Å². The predicted octanol–water partition coefficient (Wildman–Crippen LogP) is 0.879. The van der Waals surface area contributed by atoms with Gasteiger partial charge in [-0.2, -0.15) is 5.10 Å². The summed E-state index contributed by atoms with van der Waals surface area (Å²) >= 11 is 0. The first-order valence-corrected chi connectivity index (χ1v) is 4.58. The summed E-state index contributed by atoms with van der Waals surface area (Å²) in [5.41, 5.74) is 2.28. The lowest BCUT2D eigenvalue weighted by Gasteiger charge is -1.99. The van der Waals surface area contributed by atoms with Crippen LogP contribution in [-0.2, 0) is 0 Å². The van der Waals surface area contributed by atoms with E-state index in [1.54, 1.807) is 18.5 Å². The molecule has 0 fully saturated rings. The van der Waals surface area contributed by atoms with Crippen LogP contribution in [0.15, 0.2) is 29.3 Å². The normalized spacial score (nSPS) is 11.3. The van der Waals surface area contributed by atoms with Crippen LogP contribution in [0.4, 0.5) is 0 Å². The second-order valence-corrected chi connectivity index (χ2v) is 3.48. The maximum Gasteiger partial charge on any atom is 0.347 e. The fourth-order valence-corrected chi connectivity index (χ4v) is 1.67. The van der Waals surface area contributed by atoms with Crippen molar-refractivity contribution in [1.82, 2.24) is 19.6 Å². The maximum absolute atomic E-state index is 11.3. The highest BCUT2D eigenvalue weighted by atomic mass is 16.1. The van der Waals surface area contributed by atoms with Gasteiger partial charge in [-0.15, -0.1) is 0 Å². The van der Waals surface area contributed by atoms with Gasteiger partial charge in [0.25, 0.3) is 0 Å². The molecule has 0 radical (unpaired) electrons. The second kappa shape index (κ2) is 2.66. The van der Waals surface area contributed by atoms with Gasteiger partial charge in [0, 0.05) is 17.8 Å². The summed E-state index contributed by atoms with van der Waals surface area (Å²) < 4.78 is 1.48. The van der Waals surface area contributed by atoms with E-state index in [0.717, 1.165) is 16.5 Å². The van der Waals surface area contributed by atoms with Crippen molar-refractivity contribution < 1.29 is 0 Å². The number of aromatic nitrogens is 4. The molecule has 15 heavy (non-hydrogen) atoms. The van der Waals surface area contributed by atoms with Gasteiger partial charge < -0.3 is 0 Å². The van der Waals surface area contributed by atoms with Crippen molar-refractivity contribution in [3.8, 4) is 0 Å². The van der Waals surface area contributed by atoms with Crippen molar-refractivity contribution in [2.75, 3.05) is 0 Å². The fourth-order valence-electron chi connectivity index (χ4n) is 1.67. The minimum atomic E-state index is -0.228. The van der Waals surface area contributed by atoms with Crippen LogP contribution in [-0.4, -0.2) is 19.6 Å². The lowest BCUT2D eigenvalue weighted by atomic mass is 10.2. The molecule has 0 saturated heterocycles. The molecule has 1 N–H and O–H groups in total. The SMILES string of the molecule is Cc1cnc2ccn3c(=O)[nH]nc3c2c1. The smallest absolute Gasteiger partial charge is 0.256 e. The third kappa shape index (κ3) is 1.06. The molecule has 3 heterocycles. The summed E-state index contributed by atoms with van der Waals surface area (Å²) in [5.74, 6) is 0. The Bertz CT molecular complexity index is 710. The predicted molar refractivity (Wildman–Crippen MR) is 55.9 cm³/mol. The number of fused-ring (bicyclic) bond motifs is 3. The third-order valence-electron chi connectivity index (χ3n) is 2.38. The molecule has 3 rings (SSSR count). The Balaban J connectivity index is 2.63. The Hall–Kier alpha value is -2.17. The zero-order valence-corrected chi connectivity index (χ0v) is 8.06. The molecule has 3 aromatic heterocycles. The molecular weight excluding hydrogens is 192 g/mol. The molecule has 74 valence electrons. The van der Waals surface area contributed by atoms with Gasteiger partial charge in [0.05, 0.1) is 5.52 Å². The summed E-state index contributed by atoms with van der Waals surface area (Å²) in [7, 11) is 0. The van der Waals surface area contributed by atoms with Crippen molar-refractivity contribution in [3.05, 3.63) is 40.6 Å². The van der Waals surface area contributed by atoms with Gasteiger partial charge >= 0.3 is 5.69 Å². The molecule has 3 aromatic rings. The van der Waals surface area contributed by atoms with E-state index in [1.807, 2.05) is 13.0 Å². The minimum absolute atomic E-state index is 0.228. The third-order valence-corrected chi connectivity index (χ3v) is 2.38. The molecule has 0 amide bonds. The molecule has 5 nitrogen and oxygen atoms in total. The van der Waals surface area contributed by atoms with E-state index >= 15 is 0 Å². The zero-order valence-electron chi connectivity index (χ0n) is 8.06. The van der Waals surface area contributed by atoms with Gasteiger partial charge in [-0.1, -0.05) is 0 Å². The first-order chi connectivity index (χ1) is 7.25. The summed E-state index contributed by atoms with van der Waals surface area (Å²) in [6.07, 6.45) is 3.47. The molecule has 0 atom stereocenters. The van der Waals surface area contributed by atoms with Crippen LogP contribution in [0, 0.1) is 6.92 Å². The van der Waals surface area contributed by atoms with E-state index in [1.165, 1.54) is 4.40 Å². The van der Waals surface area contributed by atoms with Crippen LogP contribution in [0.25, 0.3) is 16.6 Å². The van der Waals surface area contributed by atoms with Crippen LogP contribution in [0.3, 0.4) is 0 Å². The quantitative estimate of drug-likeness (QED) is 0.586. The molecule has 0 unspecified atom stereocenters. The first kappa shape index (κ1) is 8.16. The van der Waals surface area contributed by atoms with Crippen molar-refractivity contribution in [3.63, 3.8) is 0 Å². The number of rotatable bonds is 0. The summed E-state index contributed by atoms with van der Waals surface area (Å²) in [6.45, 7) is 1.96. The van der Waals surface area contributed by atoms with Gasteiger partial charge in [-0.3, -0.25) is 4.98 Å². The Morgan fingerprint density at radius 1 is 1.47 bits per heavy atom. The number of H-pyrrole nitrogens is 1. The average molecular weight is 200 g/mol. The highest BCUT2D eigenvalue weighted by Gasteiger charge is 2.05. The second-order valence-electron chi connectivity index (χ2n) is 3.48. The molecule has 0 aliphatic carbocycles. The van der Waals surface area contributed by atoms with Crippen LogP contribution in [0.5, 0.6) is 0 Å². The molecule has 0 aliphatic rings. The van der Waals surface area contributed by atoms with Gasteiger partial charge in [-0.05, 0) is 24.6 Å². The Morgan fingerprint density at radius 2 is 2.33 bits per heavy atom. The van der Waals surface area contributed by atoms with Gasteiger partial charge in [0.1, 0.15) is 0 Å². The maximum atomic E-state index is 11.3. The molecule has 0 saturated carbocycles. The largest absolute Gasteiger partial charge is 0.347 e. The van der Waals surface area contributed by atoms with E-state index in [-0.39, 0.29) is 5.69 Å². The molecule has 0 spiro atoms.